The van der Waals surface area contributed by atoms with Crippen LogP contribution in [0.3, 0.4) is 0 Å². The summed E-state index contributed by atoms with van der Waals surface area (Å²) in [7, 11) is 0. The Morgan fingerprint density at radius 1 is 1.38 bits per heavy atom. The monoisotopic (exact) mass is 312 g/mol. The Morgan fingerprint density at radius 2 is 2.10 bits per heavy atom. The van der Waals surface area contributed by atoms with Crippen LogP contribution in [0, 0.1) is 0 Å². The molecule has 0 saturated heterocycles. The Labute approximate surface area is 129 Å². The van der Waals surface area contributed by atoms with E-state index in [0.29, 0.717) is 23.4 Å². The van der Waals surface area contributed by atoms with Crippen LogP contribution in [0.4, 0.5) is 0 Å². The molecule has 1 unspecified atom stereocenters. The molecule has 2 amide bonds. The van der Waals surface area contributed by atoms with E-state index in [4.69, 9.17) is 16.7 Å². The molecule has 0 aliphatic heterocycles. The van der Waals surface area contributed by atoms with Gasteiger partial charge >= 0.3 is 0 Å². The van der Waals surface area contributed by atoms with Crippen LogP contribution in [0.15, 0.2) is 24.3 Å². The number of aliphatic hydroxyl groups is 1. The standard InChI is InChI=1S/C15H21ClN2O3/c1-3-15(2,7-8-19)18-13(20)10-17-14(21)11-5-4-6-12(16)9-11/h4-6,9,19H,3,7-8,10H2,1-2H3,(H,17,21)(H,18,20). The normalized spacial score (nSPS) is 13.3. The van der Waals surface area contributed by atoms with E-state index in [9.17, 15) is 9.59 Å². The van der Waals surface area contributed by atoms with Crippen LogP contribution < -0.4 is 10.6 Å². The van der Waals surface area contributed by atoms with Crippen molar-refractivity contribution in [1.82, 2.24) is 10.6 Å². The number of hydrogen-bond acceptors (Lipinski definition) is 3. The first-order valence-electron chi connectivity index (χ1n) is 6.86. The molecule has 3 N–H and O–H groups in total. The molecular weight excluding hydrogens is 292 g/mol. The van der Waals surface area contributed by atoms with Crippen molar-refractivity contribution < 1.29 is 14.7 Å². The molecule has 21 heavy (non-hydrogen) atoms. The summed E-state index contributed by atoms with van der Waals surface area (Å²) in [5, 5.41) is 14.8. The van der Waals surface area contributed by atoms with Gasteiger partial charge in [-0.3, -0.25) is 9.59 Å². The van der Waals surface area contributed by atoms with Gasteiger partial charge in [0.2, 0.25) is 5.91 Å². The zero-order valence-corrected chi connectivity index (χ0v) is 13.0. The van der Waals surface area contributed by atoms with Crippen molar-refractivity contribution in [3.05, 3.63) is 34.9 Å². The van der Waals surface area contributed by atoms with Crippen LogP contribution in [-0.4, -0.2) is 35.6 Å². The first-order chi connectivity index (χ1) is 9.90. The molecule has 6 heteroatoms. The van der Waals surface area contributed by atoms with Gasteiger partial charge in [0.25, 0.3) is 5.91 Å². The summed E-state index contributed by atoms with van der Waals surface area (Å²) in [6.45, 7) is 3.67. The molecule has 0 saturated carbocycles. The van der Waals surface area contributed by atoms with E-state index in [1.54, 1.807) is 18.2 Å². The second-order valence-electron chi connectivity index (χ2n) is 5.13. The number of hydrogen-bond donors (Lipinski definition) is 3. The third-order valence-corrected chi connectivity index (χ3v) is 3.62. The van der Waals surface area contributed by atoms with Gasteiger partial charge in [0.15, 0.2) is 0 Å². The highest BCUT2D eigenvalue weighted by Crippen LogP contribution is 2.13. The summed E-state index contributed by atoms with van der Waals surface area (Å²) in [6, 6.07) is 6.51. The topological polar surface area (TPSA) is 78.4 Å². The highest BCUT2D eigenvalue weighted by molar-refractivity contribution is 6.30. The van der Waals surface area contributed by atoms with E-state index in [1.165, 1.54) is 6.07 Å². The fraction of sp³-hybridized carbons (Fsp3) is 0.467. The lowest BCUT2D eigenvalue weighted by Gasteiger charge is -2.29. The third-order valence-electron chi connectivity index (χ3n) is 3.38. The predicted molar refractivity (Wildman–Crippen MR) is 82.3 cm³/mol. The maximum atomic E-state index is 11.9. The third kappa shape index (κ3) is 5.73. The molecule has 0 aromatic heterocycles. The number of amides is 2. The largest absolute Gasteiger partial charge is 0.396 e. The molecule has 0 spiro atoms. The molecule has 116 valence electrons. The number of benzene rings is 1. The fourth-order valence-corrected chi connectivity index (χ4v) is 2.04. The van der Waals surface area contributed by atoms with Gasteiger partial charge in [-0.25, -0.2) is 0 Å². The molecule has 0 aliphatic rings. The number of carbonyl (C=O) groups is 2. The van der Waals surface area contributed by atoms with Gasteiger partial charge in [-0.05, 0) is 38.0 Å². The Bertz CT molecular complexity index is 507. The highest BCUT2D eigenvalue weighted by atomic mass is 35.5. The van der Waals surface area contributed by atoms with Gasteiger partial charge in [-0.1, -0.05) is 24.6 Å². The molecule has 0 radical (unpaired) electrons. The van der Waals surface area contributed by atoms with Gasteiger partial charge in [-0.15, -0.1) is 0 Å². The van der Waals surface area contributed by atoms with Crippen molar-refractivity contribution >= 4 is 23.4 Å². The number of aliphatic hydroxyl groups excluding tert-OH is 1. The van der Waals surface area contributed by atoms with Crippen molar-refractivity contribution in [2.75, 3.05) is 13.2 Å². The van der Waals surface area contributed by atoms with Gasteiger partial charge < -0.3 is 15.7 Å². The lowest BCUT2D eigenvalue weighted by molar-refractivity contribution is -0.122. The van der Waals surface area contributed by atoms with Crippen molar-refractivity contribution in [3.63, 3.8) is 0 Å². The number of carbonyl (C=O) groups excluding carboxylic acids is 2. The quantitative estimate of drug-likeness (QED) is 0.717. The molecule has 1 aromatic rings. The zero-order chi connectivity index (χ0) is 15.9. The van der Waals surface area contributed by atoms with Crippen LogP contribution in [-0.2, 0) is 4.79 Å². The summed E-state index contributed by atoms with van der Waals surface area (Å²) < 4.78 is 0. The predicted octanol–water partition coefficient (Wildman–Crippen LogP) is 1.74. The van der Waals surface area contributed by atoms with Crippen molar-refractivity contribution in [2.45, 2.75) is 32.2 Å². The SMILES string of the molecule is CCC(C)(CCO)NC(=O)CNC(=O)c1cccc(Cl)c1. The second-order valence-corrected chi connectivity index (χ2v) is 5.57. The molecule has 5 nitrogen and oxygen atoms in total. The van der Waals surface area contributed by atoms with Gasteiger partial charge in [0, 0.05) is 22.7 Å². The maximum Gasteiger partial charge on any atom is 0.251 e. The number of rotatable bonds is 7. The van der Waals surface area contributed by atoms with Crippen LogP contribution in [0.25, 0.3) is 0 Å². The van der Waals surface area contributed by atoms with Crippen LogP contribution in [0.1, 0.15) is 37.0 Å². The molecule has 1 atom stereocenters. The zero-order valence-electron chi connectivity index (χ0n) is 12.3. The van der Waals surface area contributed by atoms with E-state index in [-0.39, 0.29) is 25.0 Å². The average molecular weight is 313 g/mol. The summed E-state index contributed by atoms with van der Waals surface area (Å²) >= 11 is 5.81. The smallest absolute Gasteiger partial charge is 0.251 e. The first kappa shape index (κ1) is 17.5. The van der Waals surface area contributed by atoms with Crippen molar-refractivity contribution in [2.24, 2.45) is 0 Å². The Kier molecular flexibility index (Phi) is 6.65. The number of halogens is 1. The van der Waals surface area contributed by atoms with E-state index < -0.39 is 5.54 Å². The molecule has 0 bridgehead atoms. The molecule has 0 heterocycles. The lowest BCUT2D eigenvalue weighted by atomic mass is 9.95. The van der Waals surface area contributed by atoms with E-state index in [0.717, 1.165) is 0 Å². The van der Waals surface area contributed by atoms with E-state index in [1.807, 2.05) is 13.8 Å². The minimum Gasteiger partial charge on any atom is -0.396 e. The Hall–Kier alpha value is -1.59. The lowest BCUT2D eigenvalue weighted by Crippen LogP contribution is -2.49. The second kappa shape index (κ2) is 8.00. The molecule has 1 aromatic carbocycles. The molecular formula is C15H21ClN2O3. The minimum atomic E-state index is -0.466. The summed E-state index contributed by atoms with van der Waals surface area (Å²) in [5.41, 5.74) is -0.0593. The average Bonchev–Trinajstić information content (AvgIpc) is 2.45. The Balaban J connectivity index is 2.51. The fourth-order valence-electron chi connectivity index (χ4n) is 1.85. The summed E-state index contributed by atoms with van der Waals surface area (Å²) in [5.74, 6) is -0.642. The molecule has 0 fully saturated rings. The first-order valence-corrected chi connectivity index (χ1v) is 7.23. The van der Waals surface area contributed by atoms with Gasteiger partial charge in [0.05, 0.1) is 6.54 Å². The molecule has 1 rings (SSSR count). The maximum absolute atomic E-state index is 11.9. The Morgan fingerprint density at radius 3 is 2.67 bits per heavy atom. The minimum absolute atomic E-state index is 0.000502. The van der Waals surface area contributed by atoms with Crippen LogP contribution >= 0.6 is 11.6 Å². The van der Waals surface area contributed by atoms with Crippen molar-refractivity contribution in [3.8, 4) is 0 Å². The van der Waals surface area contributed by atoms with Crippen molar-refractivity contribution in [1.29, 1.82) is 0 Å². The van der Waals surface area contributed by atoms with Crippen LogP contribution in [0.5, 0.6) is 0 Å². The van der Waals surface area contributed by atoms with Gasteiger partial charge in [0.1, 0.15) is 0 Å². The van der Waals surface area contributed by atoms with Crippen LogP contribution in [0.2, 0.25) is 5.02 Å². The number of nitrogens with one attached hydrogen (secondary N) is 2. The van der Waals surface area contributed by atoms with Gasteiger partial charge in [-0.2, -0.15) is 0 Å². The highest BCUT2D eigenvalue weighted by Gasteiger charge is 2.23. The summed E-state index contributed by atoms with van der Waals surface area (Å²) in [6.07, 6.45) is 1.17. The molecule has 0 aliphatic carbocycles. The van der Waals surface area contributed by atoms with E-state index >= 15 is 0 Å². The van der Waals surface area contributed by atoms with E-state index in [2.05, 4.69) is 10.6 Å². The summed E-state index contributed by atoms with van der Waals surface area (Å²) in [4.78, 5) is 23.7.